The number of nitrogens with zero attached hydrogens (tertiary/aromatic N) is 2. The van der Waals surface area contributed by atoms with Gasteiger partial charge >= 0.3 is 0 Å². The fourth-order valence-corrected chi connectivity index (χ4v) is 2.11. The molecule has 0 atom stereocenters. The molecule has 5 heteroatoms. The van der Waals surface area contributed by atoms with Crippen molar-refractivity contribution < 1.29 is 8.78 Å². The molecule has 3 nitrogen and oxygen atoms in total. The fraction of sp³-hybridized carbons (Fsp3) is 0.333. The van der Waals surface area contributed by atoms with Crippen molar-refractivity contribution in [1.29, 1.82) is 0 Å². The topological polar surface area (TPSA) is 37.8 Å². The van der Waals surface area contributed by atoms with Gasteiger partial charge in [-0.25, -0.2) is 18.7 Å². The standard InChI is InChI=1S/C15H17F2N3/c1-4-5-13-19-14(9(2)15(18-3)20-13)10-6-11(16)8-12(17)7-10/h6-8H,4-5H2,1-3H3,(H,18,19,20). The summed E-state index contributed by atoms with van der Waals surface area (Å²) in [6.45, 7) is 3.86. The minimum Gasteiger partial charge on any atom is -0.373 e. The Bertz CT molecular complexity index is 607. The number of benzene rings is 1. The van der Waals surface area contributed by atoms with E-state index in [0.717, 1.165) is 24.5 Å². The molecular formula is C15H17F2N3. The molecule has 0 saturated carbocycles. The van der Waals surface area contributed by atoms with Crippen LogP contribution in [0.5, 0.6) is 0 Å². The van der Waals surface area contributed by atoms with Gasteiger partial charge in [-0.05, 0) is 25.5 Å². The van der Waals surface area contributed by atoms with E-state index in [2.05, 4.69) is 15.3 Å². The molecule has 0 aliphatic rings. The summed E-state index contributed by atoms with van der Waals surface area (Å²) in [5, 5.41) is 2.99. The zero-order valence-electron chi connectivity index (χ0n) is 11.8. The highest BCUT2D eigenvalue weighted by atomic mass is 19.1. The molecule has 0 aliphatic carbocycles. The summed E-state index contributed by atoms with van der Waals surface area (Å²) in [6, 6.07) is 3.42. The number of halogens is 2. The molecule has 1 aromatic heterocycles. The van der Waals surface area contributed by atoms with Crippen molar-refractivity contribution in [3.05, 3.63) is 41.2 Å². The quantitative estimate of drug-likeness (QED) is 0.925. The van der Waals surface area contributed by atoms with Crippen LogP contribution >= 0.6 is 0 Å². The van der Waals surface area contributed by atoms with E-state index < -0.39 is 11.6 Å². The molecule has 0 aliphatic heterocycles. The molecule has 0 radical (unpaired) electrons. The maximum Gasteiger partial charge on any atom is 0.132 e. The minimum atomic E-state index is -0.610. The van der Waals surface area contributed by atoms with Gasteiger partial charge in [0.1, 0.15) is 23.3 Å². The predicted molar refractivity (Wildman–Crippen MR) is 75.7 cm³/mol. The first kappa shape index (κ1) is 14.4. The summed E-state index contributed by atoms with van der Waals surface area (Å²) in [4.78, 5) is 8.84. The normalized spacial score (nSPS) is 10.7. The third-order valence-electron chi connectivity index (χ3n) is 3.04. The van der Waals surface area contributed by atoms with Gasteiger partial charge in [-0.3, -0.25) is 0 Å². The lowest BCUT2D eigenvalue weighted by Crippen LogP contribution is -2.05. The largest absolute Gasteiger partial charge is 0.373 e. The molecule has 2 rings (SSSR count). The summed E-state index contributed by atoms with van der Waals surface area (Å²) < 4.78 is 26.8. The van der Waals surface area contributed by atoms with E-state index in [4.69, 9.17) is 0 Å². The van der Waals surface area contributed by atoms with Crippen molar-refractivity contribution in [1.82, 2.24) is 9.97 Å². The number of anilines is 1. The van der Waals surface area contributed by atoms with Crippen LogP contribution in [0.2, 0.25) is 0 Å². The van der Waals surface area contributed by atoms with Gasteiger partial charge in [-0.15, -0.1) is 0 Å². The van der Waals surface area contributed by atoms with Crippen LogP contribution in [0.25, 0.3) is 11.3 Å². The lowest BCUT2D eigenvalue weighted by Gasteiger charge is -2.12. The van der Waals surface area contributed by atoms with Gasteiger partial charge in [0, 0.05) is 30.7 Å². The van der Waals surface area contributed by atoms with Crippen LogP contribution in [0.4, 0.5) is 14.6 Å². The van der Waals surface area contributed by atoms with Gasteiger partial charge in [-0.1, -0.05) is 6.92 Å². The molecule has 0 saturated heterocycles. The lowest BCUT2D eigenvalue weighted by molar-refractivity contribution is 0.584. The third kappa shape index (κ3) is 2.92. The van der Waals surface area contributed by atoms with Crippen molar-refractivity contribution in [2.24, 2.45) is 0 Å². The van der Waals surface area contributed by atoms with Crippen molar-refractivity contribution in [2.75, 3.05) is 12.4 Å². The van der Waals surface area contributed by atoms with Gasteiger partial charge in [0.05, 0.1) is 5.69 Å². The van der Waals surface area contributed by atoms with Gasteiger partial charge in [0.25, 0.3) is 0 Å². The van der Waals surface area contributed by atoms with Crippen LogP contribution in [0, 0.1) is 18.6 Å². The second-order valence-corrected chi connectivity index (χ2v) is 4.62. The Morgan fingerprint density at radius 1 is 1.10 bits per heavy atom. The van der Waals surface area contributed by atoms with E-state index >= 15 is 0 Å². The first-order chi connectivity index (χ1) is 9.55. The highest BCUT2D eigenvalue weighted by Crippen LogP contribution is 2.27. The van der Waals surface area contributed by atoms with E-state index in [9.17, 15) is 8.78 Å². The number of hydrogen-bond donors (Lipinski definition) is 1. The van der Waals surface area contributed by atoms with Gasteiger partial charge < -0.3 is 5.32 Å². The molecule has 0 unspecified atom stereocenters. The highest BCUT2D eigenvalue weighted by molar-refractivity contribution is 5.68. The average Bonchev–Trinajstić information content (AvgIpc) is 2.39. The molecular weight excluding hydrogens is 260 g/mol. The van der Waals surface area contributed by atoms with E-state index in [1.807, 2.05) is 13.8 Å². The Morgan fingerprint density at radius 3 is 2.30 bits per heavy atom. The molecule has 1 aromatic carbocycles. The molecule has 1 heterocycles. The van der Waals surface area contributed by atoms with E-state index in [-0.39, 0.29) is 0 Å². The Morgan fingerprint density at radius 2 is 1.75 bits per heavy atom. The smallest absolute Gasteiger partial charge is 0.132 e. The van der Waals surface area contributed by atoms with Crippen LogP contribution < -0.4 is 5.32 Å². The van der Waals surface area contributed by atoms with Crippen LogP contribution in [-0.4, -0.2) is 17.0 Å². The highest BCUT2D eigenvalue weighted by Gasteiger charge is 2.13. The summed E-state index contributed by atoms with van der Waals surface area (Å²) >= 11 is 0. The van der Waals surface area contributed by atoms with Crippen LogP contribution in [0.3, 0.4) is 0 Å². The molecule has 0 fully saturated rings. The maximum atomic E-state index is 13.4. The first-order valence-corrected chi connectivity index (χ1v) is 6.57. The van der Waals surface area contributed by atoms with E-state index in [1.165, 1.54) is 12.1 Å². The van der Waals surface area contributed by atoms with Gasteiger partial charge in [0.2, 0.25) is 0 Å². The average molecular weight is 277 g/mol. The Balaban J connectivity index is 2.61. The summed E-state index contributed by atoms with van der Waals surface area (Å²) in [7, 11) is 1.76. The number of hydrogen-bond acceptors (Lipinski definition) is 3. The molecule has 0 bridgehead atoms. The monoisotopic (exact) mass is 277 g/mol. The first-order valence-electron chi connectivity index (χ1n) is 6.57. The SMILES string of the molecule is CCCc1nc(NC)c(C)c(-c2cc(F)cc(F)c2)n1. The zero-order chi connectivity index (χ0) is 14.7. The Labute approximate surface area is 117 Å². The zero-order valence-corrected chi connectivity index (χ0v) is 11.8. The molecule has 20 heavy (non-hydrogen) atoms. The van der Waals surface area contributed by atoms with Crippen LogP contribution in [0.1, 0.15) is 24.7 Å². The van der Waals surface area contributed by atoms with Crippen molar-refractivity contribution >= 4 is 5.82 Å². The minimum absolute atomic E-state index is 0.427. The number of aromatic nitrogens is 2. The molecule has 2 aromatic rings. The lowest BCUT2D eigenvalue weighted by atomic mass is 10.1. The molecule has 106 valence electrons. The summed E-state index contributed by atoms with van der Waals surface area (Å²) in [5.74, 6) is 0.132. The molecule has 1 N–H and O–H groups in total. The summed E-state index contributed by atoms with van der Waals surface area (Å²) in [6.07, 6.45) is 1.63. The summed E-state index contributed by atoms with van der Waals surface area (Å²) in [5.41, 5.74) is 1.76. The number of rotatable bonds is 4. The van der Waals surface area contributed by atoms with Crippen molar-refractivity contribution in [2.45, 2.75) is 26.7 Å². The van der Waals surface area contributed by atoms with E-state index in [1.54, 1.807) is 7.05 Å². The van der Waals surface area contributed by atoms with Crippen LogP contribution in [0.15, 0.2) is 18.2 Å². The molecule has 0 amide bonds. The Hall–Kier alpha value is -2.04. The van der Waals surface area contributed by atoms with Crippen LogP contribution in [-0.2, 0) is 6.42 Å². The van der Waals surface area contributed by atoms with Gasteiger partial charge in [-0.2, -0.15) is 0 Å². The maximum absolute atomic E-state index is 13.4. The third-order valence-corrected chi connectivity index (χ3v) is 3.04. The second-order valence-electron chi connectivity index (χ2n) is 4.62. The molecule has 0 spiro atoms. The number of nitrogens with one attached hydrogen (secondary N) is 1. The van der Waals surface area contributed by atoms with E-state index in [0.29, 0.717) is 22.9 Å². The second kappa shape index (κ2) is 5.94. The van der Waals surface area contributed by atoms with Gasteiger partial charge in [0.15, 0.2) is 0 Å². The fourth-order valence-electron chi connectivity index (χ4n) is 2.11. The Kier molecular flexibility index (Phi) is 4.27. The van der Waals surface area contributed by atoms with Crippen molar-refractivity contribution in [3.63, 3.8) is 0 Å². The predicted octanol–water partition coefficient (Wildman–Crippen LogP) is 3.72. The van der Waals surface area contributed by atoms with Crippen molar-refractivity contribution in [3.8, 4) is 11.3 Å². The number of aryl methyl sites for hydroxylation is 1.